The Labute approximate surface area is 155 Å². The Morgan fingerprint density at radius 2 is 2.23 bits per heavy atom. The highest BCUT2D eigenvalue weighted by molar-refractivity contribution is 14.0. The van der Waals surface area contributed by atoms with Crippen LogP contribution in [0.2, 0.25) is 0 Å². The maximum absolute atomic E-state index is 4.43. The summed E-state index contributed by atoms with van der Waals surface area (Å²) in [5.74, 6) is 2.18. The minimum atomic E-state index is 0. The predicted molar refractivity (Wildman–Crippen MR) is 108 cm³/mol. The van der Waals surface area contributed by atoms with E-state index in [1.165, 1.54) is 5.56 Å². The SMILES string of the molecule is CN=C(NCCc1ccc(C)nc1)N1CCSC(C)(C)C1.I. The lowest BCUT2D eigenvalue weighted by Gasteiger charge is -2.39. The third kappa shape index (κ3) is 5.95. The van der Waals surface area contributed by atoms with Crippen LogP contribution in [-0.4, -0.2) is 53.0 Å². The number of thioether (sulfide) groups is 1. The monoisotopic (exact) mass is 434 g/mol. The van der Waals surface area contributed by atoms with Gasteiger partial charge in [-0.25, -0.2) is 0 Å². The van der Waals surface area contributed by atoms with E-state index < -0.39 is 0 Å². The molecule has 1 saturated heterocycles. The van der Waals surface area contributed by atoms with Gasteiger partial charge < -0.3 is 10.2 Å². The summed E-state index contributed by atoms with van der Waals surface area (Å²) in [5.41, 5.74) is 2.33. The summed E-state index contributed by atoms with van der Waals surface area (Å²) in [6, 6.07) is 4.21. The first-order chi connectivity index (χ1) is 10.00. The van der Waals surface area contributed by atoms with Crippen molar-refractivity contribution < 1.29 is 0 Å². The van der Waals surface area contributed by atoms with Crippen molar-refractivity contribution in [1.82, 2.24) is 15.2 Å². The highest BCUT2D eigenvalue weighted by atomic mass is 127. The molecule has 0 aromatic carbocycles. The van der Waals surface area contributed by atoms with Crippen LogP contribution in [0.4, 0.5) is 0 Å². The van der Waals surface area contributed by atoms with Crippen LogP contribution >= 0.6 is 35.7 Å². The van der Waals surface area contributed by atoms with E-state index in [0.717, 1.165) is 43.5 Å². The molecule has 2 rings (SSSR count). The average Bonchev–Trinajstić information content (AvgIpc) is 2.44. The summed E-state index contributed by atoms with van der Waals surface area (Å²) in [7, 11) is 1.87. The van der Waals surface area contributed by atoms with Gasteiger partial charge in [-0.2, -0.15) is 11.8 Å². The van der Waals surface area contributed by atoms with Gasteiger partial charge in [-0.15, -0.1) is 24.0 Å². The molecule has 22 heavy (non-hydrogen) atoms. The molecular weight excluding hydrogens is 407 g/mol. The molecule has 1 aromatic rings. The molecule has 0 aliphatic carbocycles. The zero-order chi connectivity index (χ0) is 15.3. The second-order valence-electron chi connectivity index (χ2n) is 6.06. The average molecular weight is 434 g/mol. The summed E-state index contributed by atoms with van der Waals surface area (Å²) < 4.78 is 0.302. The van der Waals surface area contributed by atoms with Crippen LogP contribution in [-0.2, 0) is 6.42 Å². The molecule has 0 amide bonds. The van der Waals surface area contributed by atoms with Crippen molar-refractivity contribution in [3.8, 4) is 0 Å². The van der Waals surface area contributed by atoms with Crippen molar-refractivity contribution in [3.63, 3.8) is 0 Å². The molecule has 0 saturated carbocycles. The number of halogens is 1. The summed E-state index contributed by atoms with van der Waals surface area (Å²) in [4.78, 5) is 11.1. The van der Waals surface area contributed by atoms with Crippen LogP contribution in [0.15, 0.2) is 23.3 Å². The van der Waals surface area contributed by atoms with E-state index in [1.807, 2.05) is 31.9 Å². The largest absolute Gasteiger partial charge is 0.356 e. The highest BCUT2D eigenvalue weighted by Crippen LogP contribution is 2.29. The molecule has 6 heteroatoms. The number of aliphatic imine (C=N–C) groups is 1. The molecule has 1 N–H and O–H groups in total. The van der Waals surface area contributed by atoms with E-state index in [-0.39, 0.29) is 24.0 Å². The zero-order valence-corrected chi connectivity index (χ0v) is 17.1. The van der Waals surface area contributed by atoms with Gasteiger partial charge in [-0.1, -0.05) is 6.07 Å². The smallest absolute Gasteiger partial charge is 0.193 e. The Morgan fingerprint density at radius 3 is 2.82 bits per heavy atom. The van der Waals surface area contributed by atoms with E-state index >= 15 is 0 Å². The highest BCUT2D eigenvalue weighted by Gasteiger charge is 2.28. The number of hydrogen-bond acceptors (Lipinski definition) is 3. The summed E-state index contributed by atoms with van der Waals surface area (Å²) >= 11 is 2.04. The Balaban J connectivity index is 0.00000242. The van der Waals surface area contributed by atoms with E-state index in [0.29, 0.717) is 4.75 Å². The first-order valence-electron chi connectivity index (χ1n) is 7.51. The molecule has 124 valence electrons. The fourth-order valence-electron chi connectivity index (χ4n) is 2.49. The Morgan fingerprint density at radius 1 is 1.45 bits per heavy atom. The minimum absolute atomic E-state index is 0. The summed E-state index contributed by atoms with van der Waals surface area (Å²) in [6.07, 6.45) is 2.93. The van der Waals surface area contributed by atoms with Gasteiger partial charge in [0.05, 0.1) is 0 Å². The molecule has 1 aliphatic rings. The van der Waals surface area contributed by atoms with Gasteiger partial charge in [-0.05, 0) is 38.8 Å². The zero-order valence-electron chi connectivity index (χ0n) is 13.9. The molecule has 0 unspecified atom stereocenters. The summed E-state index contributed by atoms with van der Waals surface area (Å²) in [6.45, 7) is 9.62. The van der Waals surface area contributed by atoms with Gasteiger partial charge in [0, 0.05) is 49.1 Å². The predicted octanol–water partition coefficient (Wildman–Crippen LogP) is 2.95. The molecule has 0 spiro atoms. The fourth-order valence-corrected chi connectivity index (χ4v) is 3.61. The van der Waals surface area contributed by atoms with E-state index in [2.05, 4.69) is 46.2 Å². The van der Waals surface area contributed by atoms with Crippen LogP contribution in [0, 0.1) is 6.92 Å². The van der Waals surface area contributed by atoms with Gasteiger partial charge in [0.15, 0.2) is 5.96 Å². The van der Waals surface area contributed by atoms with E-state index in [1.54, 1.807) is 0 Å². The lowest BCUT2D eigenvalue weighted by atomic mass is 10.2. The summed E-state index contributed by atoms with van der Waals surface area (Å²) in [5, 5.41) is 3.48. The maximum Gasteiger partial charge on any atom is 0.193 e. The van der Waals surface area contributed by atoms with Crippen molar-refractivity contribution in [2.24, 2.45) is 4.99 Å². The van der Waals surface area contributed by atoms with E-state index in [4.69, 9.17) is 0 Å². The van der Waals surface area contributed by atoms with Crippen LogP contribution < -0.4 is 5.32 Å². The minimum Gasteiger partial charge on any atom is -0.356 e. The Bertz CT molecular complexity index is 487. The number of aryl methyl sites for hydroxylation is 1. The lowest BCUT2D eigenvalue weighted by molar-refractivity contribution is 0.376. The molecule has 2 heterocycles. The molecule has 0 radical (unpaired) electrons. The van der Waals surface area contributed by atoms with Crippen molar-refractivity contribution >= 4 is 41.7 Å². The number of aromatic nitrogens is 1. The second-order valence-corrected chi connectivity index (χ2v) is 7.86. The van der Waals surface area contributed by atoms with E-state index in [9.17, 15) is 0 Å². The van der Waals surface area contributed by atoms with Crippen LogP contribution in [0.1, 0.15) is 25.1 Å². The number of nitrogens with one attached hydrogen (secondary N) is 1. The van der Waals surface area contributed by atoms with Gasteiger partial charge in [0.1, 0.15) is 0 Å². The molecule has 1 aliphatic heterocycles. The number of rotatable bonds is 3. The maximum atomic E-state index is 4.43. The third-order valence-corrected chi connectivity index (χ3v) is 4.90. The second kappa shape index (κ2) is 8.96. The van der Waals surface area contributed by atoms with Crippen molar-refractivity contribution in [2.45, 2.75) is 31.9 Å². The Kier molecular flexibility index (Phi) is 7.96. The van der Waals surface area contributed by atoms with Crippen LogP contribution in [0.3, 0.4) is 0 Å². The Hall–Kier alpha value is -0.500. The number of guanidine groups is 1. The quantitative estimate of drug-likeness (QED) is 0.451. The molecule has 1 fully saturated rings. The molecular formula is C16H27IN4S. The first kappa shape index (κ1) is 19.5. The van der Waals surface area contributed by atoms with Crippen molar-refractivity contribution in [2.75, 3.05) is 32.4 Å². The molecule has 0 atom stereocenters. The first-order valence-corrected chi connectivity index (χ1v) is 8.50. The fraction of sp³-hybridized carbons (Fsp3) is 0.625. The normalized spacial score (nSPS) is 17.8. The van der Waals surface area contributed by atoms with Gasteiger partial charge in [0.25, 0.3) is 0 Å². The number of pyridine rings is 1. The third-order valence-electron chi connectivity index (χ3n) is 3.61. The van der Waals surface area contributed by atoms with Gasteiger partial charge >= 0.3 is 0 Å². The van der Waals surface area contributed by atoms with Gasteiger partial charge in [-0.3, -0.25) is 9.98 Å². The number of nitrogens with zero attached hydrogens (tertiary/aromatic N) is 3. The van der Waals surface area contributed by atoms with Gasteiger partial charge in [0.2, 0.25) is 0 Å². The van der Waals surface area contributed by atoms with Crippen LogP contribution in [0.5, 0.6) is 0 Å². The lowest BCUT2D eigenvalue weighted by Crippen LogP contribution is -2.51. The number of hydrogen-bond donors (Lipinski definition) is 1. The van der Waals surface area contributed by atoms with Crippen LogP contribution in [0.25, 0.3) is 0 Å². The topological polar surface area (TPSA) is 40.5 Å². The molecule has 0 bridgehead atoms. The molecule has 4 nitrogen and oxygen atoms in total. The van der Waals surface area contributed by atoms with Crippen molar-refractivity contribution in [1.29, 1.82) is 0 Å². The van der Waals surface area contributed by atoms with Crippen molar-refractivity contribution in [3.05, 3.63) is 29.6 Å². The molecule has 1 aromatic heterocycles. The standard InChI is InChI=1S/C16H26N4S.HI/c1-13-5-6-14(11-19-13)7-8-18-15(17-4)20-9-10-21-16(2,3)12-20;/h5-6,11H,7-10,12H2,1-4H3,(H,17,18);1H.